The number of ether oxygens (including phenoxy) is 1. The van der Waals surface area contributed by atoms with Crippen molar-refractivity contribution in [1.29, 1.82) is 0 Å². The van der Waals surface area contributed by atoms with Crippen molar-refractivity contribution in [2.24, 2.45) is 0 Å². The maximum Gasteiger partial charge on any atom is 0.203 e. The van der Waals surface area contributed by atoms with Crippen molar-refractivity contribution in [1.82, 2.24) is 9.55 Å². The highest BCUT2D eigenvalue weighted by molar-refractivity contribution is 5.78. The van der Waals surface area contributed by atoms with Gasteiger partial charge in [-0.25, -0.2) is 4.98 Å². The molecular formula is C18H21N3O. The smallest absolute Gasteiger partial charge is 0.203 e. The highest BCUT2D eigenvalue weighted by Gasteiger charge is 2.09. The first-order valence-electron chi connectivity index (χ1n) is 7.75. The van der Waals surface area contributed by atoms with Crippen LogP contribution in [0.5, 0.6) is 5.75 Å². The molecule has 0 amide bonds. The second kappa shape index (κ2) is 6.98. The summed E-state index contributed by atoms with van der Waals surface area (Å²) >= 11 is 0. The molecule has 1 N–H and O–H groups in total. The number of hydrogen-bond donors (Lipinski definition) is 1. The van der Waals surface area contributed by atoms with Crippen molar-refractivity contribution in [3.05, 3.63) is 54.6 Å². The summed E-state index contributed by atoms with van der Waals surface area (Å²) in [5.74, 6) is 1.85. The lowest BCUT2D eigenvalue weighted by atomic mass is 10.3. The third kappa shape index (κ3) is 3.22. The lowest BCUT2D eigenvalue weighted by Crippen LogP contribution is -2.09. The molecule has 22 heavy (non-hydrogen) atoms. The molecule has 1 heterocycles. The lowest BCUT2D eigenvalue weighted by Gasteiger charge is -2.10. The van der Waals surface area contributed by atoms with E-state index in [1.807, 2.05) is 42.5 Å². The maximum absolute atomic E-state index is 5.76. The van der Waals surface area contributed by atoms with Crippen molar-refractivity contribution in [2.75, 3.05) is 18.5 Å². The van der Waals surface area contributed by atoms with Crippen molar-refractivity contribution in [3.8, 4) is 5.75 Å². The van der Waals surface area contributed by atoms with Crippen LogP contribution in [0.2, 0.25) is 0 Å². The standard InChI is InChI=1S/C18H21N3O/c1-2-19-18-20-16-11-6-7-12-17(16)21(18)13-8-14-22-15-9-4-3-5-10-15/h3-7,9-12H,2,8,13-14H2,1H3,(H,19,20). The molecule has 3 aromatic rings. The molecule has 1 aromatic heterocycles. The normalized spacial score (nSPS) is 10.8. The Morgan fingerprint density at radius 2 is 1.82 bits per heavy atom. The number of rotatable bonds is 7. The fraction of sp³-hybridized carbons (Fsp3) is 0.278. The van der Waals surface area contributed by atoms with E-state index in [0.717, 1.165) is 42.2 Å². The molecule has 0 saturated heterocycles. The number of hydrogen-bond acceptors (Lipinski definition) is 3. The zero-order valence-corrected chi connectivity index (χ0v) is 12.8. The third-order valence-electron chi connectivity index (χ3n) is 3.53. The van der Waals surface area contributed by atoms with E-state index in [1.165, 1.54) is 0 Å². The number of imidazole rings is 1. The summed E-state index contributed by atoms with van der Waals surface area (Å²) in [5.41, 5.74) is 2.19. The minimum atomic E-state index is 0.697. The van der Waals surface area contributed by atoms with Crippen molar-refractivity contribution in [3.63, 3.8) is 0 Å². The van der Waals surface area contributed by atoms with E-state index < -0.39 is 0 Å². The zero-order chi connectivity index (χ0) is 15.2. The summed E-state index contributed by atoms with van der Waals surface area (Å²) in [5, 5.41) is 3.34. The molecule has 0 aliphatic carbocycles. The summed E-state index contributed by atoms with van der Waals surface area (Å²) < 4.78 is 7.99. The minimum Gasteiger partial charge on any atom is -0.494 e. The van der Waals surface area contributed by atoms with E-state index in [0.29, 0.717) is 6.61 Å². The molecule has 0 bridgehead atoms. The molecule has 0 unspecified atom stereocenters. The van der Waals surface area contributed by atoms with Gasteiger partial charge in [-0.15, -0.1) is 0 Å². The van der Waals surface area contributed by atoms with Gasteiger partial charge in [0.1, 0.15) is 5.75 Å². The fourth-order valence-corrected chi connectivity index (χ4v) is 2.52. The molecule has 0 radical (unpaired) electrons. The van der Waals surface area contributed by atoms with E-state index >= 15 is 0 Å². The first-order chi connectivity index (χ1) is 10.9. The molecule has 114 valence electrons. The molecule has 0 spiro atoms. The molecular weight excluding hydrogens is 274 g/mol. The Morgan fingerprint density at radius 3 is 2.64 bits per heavy atom. The Labute approximate surface area is 130 Å². The van der Waals surface area contributed by atoms with Gasteiger partial charge in [0.05, 0.1) is 17.6 Å². The van der Waals surface area contributed by atoms with Gasteiger partial charge in [0, 0.05) is 13.1 Å². The van der Waals surface area contributed by atoms with Crippen LogP contribution < -0.4 is 10.1 Å². The van der Waals surface area contributed by atoms with E-state index in [2.05, 4.69) is 33.9 Å². The van der Waals surface area contributed by atoms with Crippen LogP contribution >= 0.6 is 0 Å². The minimum absolute atomic E-state index is 0.697. The summed E-state index contributed by atoms with van der Waals surface area (Å²) in [4.78, 5) is 4.65. The number of benzene rings is 2. The van der Waals surface area contributed by atoms with Gasteiger partial charge < -0.3 is 14.6 Å². The van der Waals surface area contributed by atoms with E-state index in [9.17, 15) is 0 Å². The largest absolute Gasteiger partial charge is 0.494 e. The number of nitrogens with one attached hydrogen (secondary N) is 1. The van der Waals surface area contributed by atoms with Crippen LogP contribution in [0.3, 0.4) is 0 Å². The quantitative estimate of drug-likeness (QED) is 0.671. The highest BCUT2D eigenvalue weighted by Crippen LogP contribution is 2.20. The predicted octanol–water partition coefficient (Wildman–Crippen LogP) is 3.94. The number of aryl methyl sites for hydroxylation is 1. The van der Waals surface area contributed by atoms with Crippen LogP contribution in [0.4, 0.5) is 5.95 Å². The van der Waals surface area contributed by atoms with Gasteiger partial charge in [0.15, 0.2) is 0 Å². The van der Waals surface area contributed by atoms with Crippen LogP contribution in [-0.2, 0) is 6.54 Å². The summed E-state index contributed by atoms with van der Waals surface area (Å²) in [6, 6.07) is 18.2. The Bertz CT molecular complexity index is 722. The summed E-state index contributed by atoms with van der Waals surface area (Å²) in [7, 11) is 0. The average molecular weight is 295 g/mol. The first kappa shape index (κ1) is 14.4. The maximum atomic E-state index is 5.76. The first-order valence-corrected chi connectivity index (χ1v) is 7.75. The molecule has 0 aliphatic heterocycles. The number of fused-ring (bicyclic) bond motifs is 1. The SMILES string of the molecule is CCNc1nc2ccccc2n1CCCOc1ccccc1. The zero-order valence-electron chi connectivity index (χ0n) is 12.8. The summed E-state index contributed by atoms with van der Waals surface area (Å²) in [6.45, 7) is 4.53. The predicted molar refractivity (Wildman–Crippen MR) is 90.5 cm³/mol. The topological polar surface area (TPSA) is 39.1 Å². The van der Waals surface area contributed by atoms with Crippen LogP contribution in [0, 0.1) is 0 Å². The number of aromatic nitrogens is 2. The molecule has 0 saturated carbocycles. The van der Waals surface area contributed by atoms with Gasteiger partial charge in [-0.05, 0) is 37.6 Å². The Kier molecular flexibility index (Phi) is 4.59. The lowest BCUT2D eigenvalue weighted by molar-refractivity contribution is 0.303. The fourth-order valence-electron chi connectivity index (χ4n) is 2.52. The number of anilines is 1. The monoisotopic (exact) mass is 295 g/mol. The molecule has 4 heteroatoms. The molecule has 0 atom stereocenters. The molecule has 0 aliphatic rings. The van der Waals surface area contributed by atoms with Gasteiger partial charge in [0.25, 0.3) is 0 Å². The third-order valence-corrected chi connectivity index (χ3v) is 3.53. The van der Waals surface area contributed by atoms with Gasteiger partial charge >= 0.3 is 0 Å². The van der Waals surface area contributed by atoms with Crippen LogP contribution in [0.1, 0.15) is 13.3 Å². The summed E-state index contributed by atoms with van der Waals surface area (Å²) in [6.07, 6.45) is 0.938. The van der Waals surface area contributed by atoms with E-state index in [4.69, 9.17) is 4.74 Å². The average Bonchev–Trinajstić information content (AvgIpc) is 2.90. The molecule has 3 rings (SSSR count). The van der Waals surface area contributed by atoms with Crippen molar-refractivity contribution >= 4 is 17.0 Å². The van der Waals surface area contributed by atoms with Crippen LogP contribution in [0.25, 0.3) is 11.0 Å². The van der Waals surface area contributed by atoms with Gasteiger partial charge in [-0.2, -0.15) is 0 Å². The van der Waals surface area contributed by atoms with Gasteiger partial charge in [0.2, 0.25) is 5.95 Å². The number of para-hydroxylation sites is 3. The Morgan fingerprint density at radius 1 is 1.05 bits per heavy atom. The van der Waals surface area contributed by atoms with E-state index in [1.54, 1.807) is 0 Å². The van der Waals surface area contributed by atoms with Crippen LogP contribution in [-0.4, -0.2) is 22.7 Å². The van der Waals surface area contributed by atoms with Crippen molar-refractivity contribution in [2.45, 2.75) is 19.9 Å². The van der Waals surface area contributed by atoms with Gasteiger partial charge in [-0.3, -0.25) is 0 Å². The molecule has 4 nitrogen and oxygen atoms in total. The Hall–Kier alpha value is -2.49. The van der Waals surface area contributed by atoms with Crippen LogP contribution in [0.15, 0.2) is 54.6 Å². The van der Waals surface area contributed by atoms with Crippen molar-refractivity contribution < 1.29 is 4.74 Å². The molecule has 2 aromatic carbocycles. The van der Waals surface area contributed by atoms with Gasteiger partial charge in [-0.1, -0.05) is 30.3 Å². The second-order valence-electron chi connectivity index (χ2n) is 5.12. The highest BCUT2D eigenvalue weighted by atomic mass is 16.5. The molecule has 0 fully saturated rings. The van der Waals surface area contributed by atoms with E-state index in [-0.39, 0.29) is 0 Å². The number of nitrogens with zero attached hydrogens (tertiary/aromatic N) is 2. The second-order valence-corrected chi connectivity index (χ2v) is 5.12. The Balaban J connectivity index is 1.66.